The summed E-state index contributed by atoms with van der Waals surface area (Å²) in [6.45, 7) is 17.8. The lowest BCUT2D eigenvalue weighted by molar-refractivity contribution is 0.685. The first-order valence-corrected chi connectivity index (χ1v) is 6.85. The van der Waals surface area contributed by atoms with Crippen LogP contribution in [0, 0.1) is 23.2 Å². The summed E-state index contributed by atoms with van der Waals surface area (Å²) in [5, 5.41) is 9.39. The summed E-state index contributed by atoms with van der Waals surface area (Å²) in [4.78, 5) is 0. The van der Waals surface area contributed by atoms with E-state index in [2.05, 4.69) is 32.4 Å². The molecule has 0 amide bonds. The third kappa shape index (κ3) is 3.70. The van der Waals surface area contributed by atoms with Crippen molar-refractivity contribution in [1.29, 1.82) is 5.26 Å². The molecule has 0 radical (unpaired) electrons. The van der Waals surface area contributed by atoms with Gasteiger partial charge in [-0.15, -0.1) is 6.58 Å². The van der Waals surface area contributed by atoms with Crippen molar-refractivity contribution in [3.8, 4) is 6.07 Å². The third-order valence-corrected chi connectivity index (χ3v) is 3.44. The van der Waals surface area contributed by atoms with E-state index in [0.717, 1.165) is 22.3 Å². The van der Waals surface area contributed by atoms with Crippen LogP contribution in [0.2, 0.25) is 0 Å². The first kappa shape index (κ1) is 16.5. The van der Waals surface area contributed by atoms with Crippen molar-refractivity contribution in [2.45, 2.75) is 6.92 Å². The SMILES string of the molecule is C=Cc1ccccc1C(=C)C(C(=C)/C=C\C)C(C#N)C=C. The molecule has 106 valence electrons. The molecule has 1 nitrogen and oxygen atoms in total. The summed E-state index contributed by atoms with van der Waals surface area (Å²) < 4.78 is 0. The molecule has 0 aliphatic heterocycles. The van der Waals surface area contributed by atoms with Gasteiger partial charge in [0.15, 0.2) is 0 Å². The predicted octanol–water partition coefficient (Wildman–Crippen LogP) is 5.42. The summed E-state index contributed by atoms with van der Waals surface area (Å²) in [6, 6.07) is 10.2. The molecule has 0 spiro atoms. The Balaban J connectivity index is 3.35. The van der Waals surface area contributed by atoms with Crippen LogP contribution in [0.3, 0.4) is 0 Å². The van der Waals surface area contributed by atoms with E-state index in [4.69, 9.17) is 0 Å². The molecule has 1 aromatic carbocycles. The van der Waals surface area contributed by atoms with Crippen LogP contribution in [0.4, 0.5) is 0 Å². The Morgan fingerprint density at radius 2 is 1.90 bits per heavy atom. The first-order valence-electron chi connectivity index (χ1n) is 6.85. The van der Waals surface area contributed by atoms with Gasteiger partial charge in [0.2, 0.25) is 0 Å². The standard InChI is InChI=1S/C20H21N/c1-6-11-15(4)20(18(8-3)14-21)16(5)19-13-10-9-12-17(19)7-2/h6-13,18,20H,2-5H2,1H3/b11-6-. The molecule has 0 bridgehead atoms. The minimum absolute atomic E-state index is 0.190. The highest BCUT2D eigenvalue weighted by atomic mass is 14.3. The van der Waals surface area contributed by atoms with Crippen molar-refractivity contribution in [2.75, 3.05) is 0 Å². The van der Waals surface area contributed by atoms with Crippen LogP contribution in [0.15, 0.2) is 74.4 Å². The fraction of sp³-hybridized carbons (Fsp3) is 0.150. The molecular weight excluding hydrogens is 254 g/mol. The number of hydrogen-bond donors (Lipinski definition) is 0. The van der Waals surface area contributed by atoms with Gasteiger partial charge in [0.05, 0.1) is 12.0 Å². The maximum atomic E-state index is 9.39. The van der Waals surface area contributed by atoms with Crippen LogP contribution in [0.25, 0.3) is 11.6 Å². The van der Waals surface area contributed by atoms with Crippen LogP contribution in [0.1, 0.15) is 18.1 Å². The third-order valence-electron chi connectivity index (χ3n) is 3.44. The molecule has 0 saturated carbocycles. The smallest absolute Gasteiger partial charge is 0.0749 e. The zero-order valence-electron chi connectivity index (χ0n) is 12.5. The zero-order chi connectivity index (χ0) is 15.8. The van der Waals surface area contributed by atoms with Crippen LogP contribution in [-0.4, -0.2) is 0 Å². The Morgan fingerprint density at radius 1 is 1.24 bits per heavy atom. The predicted molar refractivity (Wildman–Crippen MR) is 92.3 cm³/mol. The topological polar surface area (TPSA) is 23.8 Å². The molecular formula is C20H21N. The van der Waals surface area contributed by atoms with Crippen LogP contribution >= 0.6 is 0 Å². The summed E-state index contributed by atoms with van der Waals surface area (Å²) in [5.74, 6) is -0.552. The lowest BCUT2D eigenvalue weighted by Crippen LogP contribution is -2.15. The van der Waals surface area contributed by atoms with Gasteiger partial charge in [0.1, 0.15) is 0 Å². The van der Waals surface area contributed by atoms with Gasteiger partial charge >= 0.3 is 0 Å². The summed E-state index contributed by atoms with van der Waals surface area (Å²) in [6.07, 6.45) is 7.28. The van der Waals surface area contributed by atoms with Gasteiger partial charge < -0.3 is 0 Å². The van der Waals surface area contributed by atoms with Gasteiger partial charge in [-0.25, -0.2) is 0 Å². The second kappa shape index (κ2) is 7.87. The number of rotatable bonds is 7. The lowest BCUT2D eigenvalue weighted by Gasteiger charge is -2.24. The zero-order valence-corrected chi connectivity index (χ0v) is 12.5. The van der Waals surface area contributed by atoms with Gasteiger partial charge in [-0.1, -0.05) is 68.3 Å². The van der Waals surface area contributed by atoms with Gasteiger partial charge in [0.25, 0.3) is 0 Å². The molecule has 0 heterocycles. The molecule has 0 aromatic heterocycles. The molecule has 0 fully saturated rings. The van der Waals surface area contributed by atoms with Crippen molar-refractivity contribution < 1.29 is 0 Å². The van der Waals surface area contributed by atoms with E-state index in [1.54, 1.807) is 12.2 Å². The Labute approximate surface area is 127 Å². The number of nitrogens with zero attached hydrogens (tertiary/aromatic N) is 1. The summed E-state index contributed by atoms with van der Waals surface area (Å²) >= 11 is 0. The Kier molecular flexibility index (Phi) is 6.17. The first-order chi connectivity index (χ1) is 10.1. The highest BCUT2D eigenvalue weighted by molar-refractivity contribution is 5.76. The van der Waals surface area contributed by atoms with E-state index in [0.29, 0.717) is 0 Å². The maximum absolute atomic E-state index is 9.39. The summed E-state index contributed by atoms with van der Waals surface area (Å²) in [7, 11) is 0. The van der Waals surface area contributed by atoms with Gasteiger partial charge in [-0.3, -0.25) is 0 Å². The van der Waals surface area contributed by atoms with E-state index in [-0.39, 0.29) is 11.8 Å². The average Bonchev–Trinajstić information content (AvgIpc) is 2.51. The highest BCUT2D eigenvalue weighted by Crippen LogP contribution is 2.36. The highest BCUT2D eigenvalue weighted by Gasteiger charge is 2.25. The van der Waals surface area contributed by atoms with E-state index >= 15 is 0 Å². The average molecular weight is 275 g/mol. The van der Waals surface area contributed by atoms with E-state index in [1.807, 2.05) is 43.3 Å². The van der Waals surface area contributed by atoms with Crippen molar-refractivity contribution >= 4 is 11.6 Å². The van der Waals surface area contributed by atoms with Crippen LogP contribution < -0.4 is 0 Å². The maximum Gasteiger partial charge on any atom is 0.0749 e. The Hall–Kier alpha value is -2.59. The molecule has 1 rings (SSSR count). The van der Waals surface area contributed by atoms with Crippen molar-refractivity contribution in [1.82, 2.24) is 0 Å². The summed E-state index contributed by atoms with van der Waals surface area (Å²) in [5.41, 5.74) is 3.71. The van der Waals surface area contributed by atoms with E-state index in [9.17, 15) is 5.26 Å². The van der Waals surface area contributed by atoms with Crippen LogP contribution in [0.5, 0.6) is 0 Å². The van der Waals surface area contributed by atoms with Crippen molar-refractivity contribution in [3.63, 3.8) is 0 Å². The molecule has 2 unspecified atom stereocenters. The largest absolute Gasteiger partial charge is 0.198 e. The van der Waals surface area contributed by atoms with E-state index < -0.39 is 0 Å². The van der Waals surface area contributed by atoms with Gasteiger partial charge in [-0.2, -0.15) is 5.26 Å². The minimum Gasteiger partial charge on any atom is -0.198 e. The van der Waals surface area contributed by atoms with Crippen LogP contribution in [-0.2, 0) is 0 Å². The number of benzene rings is 1. The number of nitriles is 1. The van der Waals surface area contributed by atoms with Gasteiger partial charge in [0, 0.05) is 5.92 Å². The molecule has 0 N–H and O–H groups in total. The molecule has 1 aromatic rings. The minimum atomic E-state index is -0.362. The molecule has 1 heteroatoms. The Bertz CT molecular complexity index is 625. The Morgan fingerprint density at radius 3 is 2.43 bits per heavy atom. The molecule has 0 aliphatic rings. The quantitative estimate of drug-likeness (QED) is 0.481. The van der Waals surface area contributed by atoms with Crippen molar-refractivity contribution in [2.24, 2.45) is 11.8 Å². The normalized spacial score (nSPS) is 13.1. The molecule has 0 saturated heterocycles. The second-order valence-electron chi connectivity index (χ2n) is 4.76. The van der Waals surface area contributed by atoms with E-state index in [1.165, 1.54) is 0 Å². The molecule has 2 atom stereocenters. The number of allylic oxidation sites excluding steroid dienone is 5. The fourth-order valence-electron chi connectivity index (χ4n) is 2.39. The lowest BCUT2D eigenvalue weighted by atomic mass is 9.78. The van der Waals surface area contributed by atoms with Crippen molar-refractivity contribution in [3.05, 3.63) is 85.5 Å². The number of hydrogen-bond acceptors (Lipinski definition) is 1. The molecule has 21 heavy (non-hydrogen) atoms. The second-order valence-corrected chi connectivity index (χ2v) is 4.76. The molecule has 0 aliphatic carbocycles. The van der Waals surface area contributed by atoms with Gasteiger partial charge in [-0.05, 0) is 29.2 Å². The monoisotopic (exact) mass is 275 g/mol. The fourth-order valence-corrected chi connectivity index (χ4v) is 2.39.